The number of likely N-dealkylation sites (tertiary alicyclic amines) is 1. The number of carbonyl (C=O) groups excluding carboxylic acids is 2. The lowest BCUT2D eigenvalue weighted by Crippen LogP contribution is -2.28. The van der Waals surface area contributed by atoms with Crippen LogP contribution in [0.15, 0.2) is 46.9 Å². The molecule has 28 heavy (non-hydrogen) atoms. The number of fused-ring (bicyclic) bond motifs is 1. The Morgan fingerprint density at radius 2 is 2.04 bits per heavy atom. The molecule has 6 heteroatoms. The van der Waals surface area contributed by atoms with Crippen molar-refractivity contribution < 1.29 is 14.0 Å². The van der Waals surface area contributed by atoms with Crippen LogP contribution in [0.3, 0.4) is 0 Å². The number of hydrogen-bond acceptors (Lipinski definition) is 4. The Labute approximate surface area is 163 Å². The smallest absolute Gasteiger partial charge is 0.229 e. The highest BCUT2D eigenvalue weighted by Gasteiger charge is 2.34. The molecule has 1 aliphatic heterocycles. The van der Waals surface area contributed by atoms with E-state index in [4.69, 9.17) is 4.42 Å². The van der Waals surface area contributed by atoms with Crippen LogP contribution in [0.2, 0.25) is 0 Å². The third-order valence-corrected chi connectivity index (χ3v) is 5.08. The number of rotatable bonds is 5. The SMILES string of the molecule is CCc1nc2cc(NC(=O)C3CC(=O)N(Cc4ccc(C)cc4)C3)ccc2o1. The second kappa shape index (κ2) is 7.46. The van der Waals surface area contributed by atoms with Crippen LogP contribution in [0.1, 0.15) is 30.4 Å². The quantitative estimate of drug-likeness (QED) is 0.736. The zero-order chi connectivity index (χ0) is 19.7. The van der Waals surface area contributed by atoms with Gasteiger partial charge in [-0.05, 0) is 30.7 Å². The fourth-order valence-corrected chi connectivity index (χ4v) is 3.46. The van der Waals surface area contributed by atoms with Crippen LogP contribution in [0.25, 0.3) is 11.1 Å². The van der Waals surface area contributed by atoms with E-state index in [0.29, 0.717) is 30.3 Å². The second-order valence-electron chi connectivity index (χ2n) is 7.29. The Balaban J connectivity index is 1.41. The summed E-state index contributed by atoms with van der Waals surface area (Å²) in [6.45, 7) is 4.98. The van der Waals surface area contributed by atoms with E-state index in [1.807, 2.05) is 38.1 Å². The lowest BCUT2D eigenvalue weighted by Gasteiger charge is -2.17. The van der Waals surface area contributed by atoms with E-state index in [0.717, 1.165) is 17.5 Å². The monoisotopic (exact) mass is 377 g/mol. The first-order chi connectivity index (χ1) is 13.5. The maximum atomic E-state index is 12.7. The maximum Gasteiger partial charge on any atom is 0.229 e. The molecule has 1 aliphatic rings. The van der Waals surface area contributed by atoms with Gasteiger partial charge >= 0.3 is 0 Å². The van der Waals surface area contributed by atoms with Gasteiger partial charge in [0, 0.05) is 31.6 Å². The lowest BCUT2D eigenvalue weighted by atomic mass is 10.1. The Bertz CT molecular complexity index is 1020. The molecule has 3 aromatic rings. The molecule has 1 aromatic heterocycles. The van der Waals surface area contributed by atoms with E-state index < -0.39 is 0 Å². The molecule has 2 aromatic carbocycles. The first-order valence-electron chi connectivity index (χ1n) is 9.55. The Hall–Kier alpha value is -3.15. The molecule has 6 nitrogen and oxygen atoms in total. The van der Waals surface area contributed by atoms with E-state index in [1.54, 1.807) is 23.1 Å². The highest BCUT2D eigenvalue weighted by molar-refractivity contribution is 5.98. The van der Waals surface area contributed by atoms with Crippen LogP contribution in [-0.4, -0.2) is 28.2 Å². The van der Waals surface area contributed by atoms with Crippen molar-refractivity contribution in [2.45, 2.75) is 33.2 Å². The van der Waals surface area contributed by atoms with Gasteiger partial charge in [0.15, 0.2) is 11.5 Å². The molecule has 1 N–H and O–H groups in total. The normalized spacial score (nSPS) is 16.7. The first-order valence-corrected chi connectivity index (χ1v) is 9.55. The first kappa shape index (κ1) is 18.2. The molecule has 144 valence electrons. The van der Waals surface area contributed by atoms with Gasteiger partial charge in [0.2, 0.25) is 11.8 Å². The van der Waals surface area contributed by atoms with Crippen LogP contribution in [0.4, 0.5) is 5.69 Å². The maximum absolute atomic E-state index is 12.7. The van der Waals surface area contributed by atoms with Crippen molar-refractivity contribution in [2.75, 3.05) is 11.9 Å². The number of benzene rings is 2. The summed E-state index contributed by atoms with van der Waals surface area (Å²) in [5.74, 6) is 0.197. The van der Waals surface area contributed by atoms with Gasteiger partial charge in [0.05, 0.1) is 5.92 Å². The number of carbonyl (C=O) groups is 2. The molecular formula is C22H23N3O3. The minimum Gasteiger partial charge on any atom is -0.441 e. The average Bonchev–Trinajstić information content (AvgIpc) is 3.26. The number of amides is 2. The van der Waals surface area contributed by atoms with Gasteiger partial charge in [0.25, 0.3) is 0 Å². The summed E-state index contributed by atoms with van der Waals surface area (Å²) in [4.78, 5) is 31.2. The van der Waals surface area contributed by atoms with Crippen molar-refractivity contribution in [3.8, 4) is 0 Å². The van der Waals surface area contributed by atoms with Crippen LogP contribution < -0.4 is 5.32 Å². The van der Waals surface area contributed by atoms with Crippen molar-refractivity contribution in [3.05, 3.63) is 59.5 Å². The average molecular weight is 377 g/mol. The molecule has 1 atom stereocenters. The number of hydrogen-bond donors (Lipinski definition) is 1. The number of nitrogens with zero attached hydrogens (tertiary/aromatic N) is 2. The minimum atomic E-state index is -0.350. The fourth-order valence-electron chi connectivity index (χ4n) is 3.46. The largest absolute Gasteiger partial charge is 0.441 e. The molecule has 4 rings (SSSR count). The summed E-state index contributed by atoms with van der Waals surface area (Å²) < 4.78 is 5.59. The van der Waals surface area contributed by atoms with E-state index in [-0.39, 0.29) is 24.2 Å². The molecular weight excluding hydrogens is 354 g/mol. The molecule has 0 aliphatic carbocycles. The molecule has 0 radical (unpaired) electrons. The van der Waals surface area contributed by atoms with Crippen molar-refractivity contribution >= 4 is 28.6 Å². The molecule has 0 saturated carbocycles. The van der Waals surface area contributed by atoms with Gasteiger partial charge in [-0.25, -0.2) is 4.98 Å². The third-order valence-electron chi connectivity index (χ3n) is 5.08. The Kier molecular flexibility index (Phi) is 4.86. The van der Waals surface area contributed by atoms with Crippen LogP contribution in [0, 0.1) is 12.8 Å². The number of nitrogens with one attached hydrogen (secondary N) is 1. The molecule has 1 fully saturated rings. The standard InChI is InChI=1S/C22H23N3O3/c1-3-20-24-18-11-17(8-9-19(18)28-20)23-22(27)16-10-21(26)25(13-16)12-15-6-4-14(2)5-7-15/h4-9,11,16H,3,10,12-13H2,1-2H3,(H,23,27). The van der Waals surface area contributed by atoms with Gasteiger partial charge in [-0.2, -0.15) is 0 Å². The van der Waals surface area contributed by atoms with E-state index in [1.165, 1.54) is 5.56 Å². The van der Waals surface area contributed by atoms with E-state index in [2.05, 4.69) is 10.3 Å². The molecule has 2 amide bonds. The van der Waals surface area contributed by atoms with Crippen LogP contribution >= 0.6 is 0 Å². The number of anilines is 1. The summed E-state index contributed by atoms with van der Waals surface area (Å²) in [6.07, 6.45) is 0.960. The summed E-state index contributed by atoms with van der Waals surface area (Å²) in [7, 11) is 0. The molecule has 1 unspecified atom stereocenters. The van der Waals surface area contributed by atoms with E-state index in [9.17, 15) is 9.59 Å². The van der Waals surface area contributed by atoms with Crippen LogP contribution in [-0.2, 0) is 22.6 Å². The zero-order valence-corrected chi connectivity index (χ0v) is 16.1. The molecule has 1 saturated heterocycles. The second-order valence-corrected chi connectivity index (χ2v) is 7.29. The summed E-state index contributed by atoms with van der Waals surface area (Å²) in [5.41, 5.74) is 4.35. The minimum absolute atomic E-state index is 0.0141. The summed E-state index contributed by atoms with van der Waals surface area (Å²) >= 11 is 0. The van der Waals surface area contributed by atoms with Crippen molar-refractivity contribution in [1.29, 1.82) is 0 Å². The molecule has 0 spiro atoms. The topological polar surface area (TPSA) is 75.4 Å². The summed E-state index contributed by atoms with van der Waals surface area (Å²) in [6, 6.07) is 13.5. The van der Waals surface area contributed by atoms with Crippen molar-refractivity contribution in [3.63, 3.8) is 0 Å². The zero-order valence-electron chi connectivity index (χ0n) is 16.1. The summed E-state index contributed by atoms with van der Waals surface area (Å²) in [5, 5.41) is 2.92. The highest BCUT2D eigenvalue weighted by Crippen LogP contribution is 2.24. The lowest BCUT2D eigenvalue weighted by molar-refractivity contribution is -0.128. The van der Waals surface area contributed by atoms with Crippen molar-refractivity contribution in [1.82, 2.24) is 9.88 Å². The fraction of sp³-hybridized carbons (Fsp3) is 0.318. The molecule has 0 bridgehead atoms. The highest BCUT2D eigenvalue weighted by atomic mass is 16.3. The van der Waals surface area contributed by atoms with Gasteiger partial charge in [0.1, 0.15) is 5.52 Å². The van der Waals surface area contributed by atoms with Gasteiger partial charge < -0.3 is 14.6 Å². The number of aromatic nitrogens is 1. The Morgan fingerprint density at radius 1 is 1.25 bits per heavy atom. The predicted octanol–water partition coefficient (Wildman–Crippen LogP) is 3.69. The van der Waals surface area contributed by atoms with Gasteiger partial charge in [-0.3, -0.25) is 9.59 Å². The molecule has 2 heterocycles. The number of aryl methyl sites for hydroxylation is 2. The predicted molar refractivity (Wildman–Crippen MR) is 107 cm³/mol. The van der Waals surface area contributed by atoms with Crippen LogP contribution in [0.5, 0.6) is 0 Å². The van der Waals surface area contributed by atoms with Gasteiger partial charge in [-0.15, -0.1) is 0 Å². The number of oxazole rings is 1. The van der Waals surface area contributed by atoms with Crippen molar-refractivity contribution in [2.24, 2.45) is 5.92 Å². The van der Waals surface area contributed by atoms with Gasteiger partial charge in [-0.1, -0.05) is 36.8 Å². The Morgan fingerprint density at radius 3 is 2.79 bits per heavy atom. The third kappa shape index (κ3) is 3.76. The van der Waals surface area contributed by atoms with E-state index >= 15 is 0 Å².